The van der Waals surface area contributed by atoms with Crippen LogP contribution in [0.3, 0.4) is 0 Å². The fourth-order valence-electron chi connectivity index (χ4n) is 2.04. The van der Waals surface area contributed by atoms with E-state index in [9.17, 15) is 13.6 Å². The molecule has 0 saturated carbocycles. The van der Waals surface area contributed by atoms with E-state index < -0.39 is 6.61 Å². The van der Waals surface area contributed by atoms with Gasteiger partial charge in [-0.2, -0.15) is 8.78 Å². The van der Waals surface area contributed by atoms with E-state index in [1.54, 1.807) is 19.1 Å². The Kier molecular flexibility index (Phi) is 6.95. The van der Waals surface area contributed by atoms with Gasteiger partial charge >= 0.3 is 6.61 Å². The van der Waals surface area contributed by atoms with E-state index in [1.807, 2.05) is 0 Å². The van der Waals surface area contributed by atoms with Crippen LogP contribution in [0.15, 0.2) is 46.2 Å². The molecule has 7 nitrogen and oxygen atoms in total. The first-order valence-corrected chi connectivity index (χ1v) is 7.60. The van der Waals surface area contributed by atoms with Gasteiger partial charge in [-0.25, -0.2) is 0 Å². The number of furan rings is 1. The van der Waals surface area contributed by atoms with Gasteiger partial charge in [-0.1, -0.05) is 5.16 Å². The standard InChI is InChI=1S/C17H18F2N2O5/c1-11(13-4-3-7-24-13)21-16(22)10-25-20-9-12-5-6-14(26-17(18)19)15(8-12)23-2/h3-9,11,17H,10H2,1-2H3,(H,21,22)/b20-9+. The number of nitrogens with zero attached hydrogens (tertiary/aromatic N) is 1. The Morgan fingerprint density at radius 2 is 2.15 bits per heavy atom. The summed E-state index contributed by atoms with van der Waals surface area (Å²) in [6.07, 6.45) is 2.84. The molecule has 1 N–H and O–H groups in total. The SMILES string of the molecule is COc1cc(/C=N/OCC(=O)NC(C)c2ccco2)ccc1OC(F)F. The Balaban J connectivity index is 1.83. The average molecular weight is 368 g/mol. The number of ether oxygens (including phenoxy) is 2. The van der Waals surface area contributed by atoms with Gasteiger partial charge in [0.1, 0.15) is 5.76 Å². The number of carbonyl (C=O) groups is 1. The number of alkyl halides is 2. The Hall–Kier alpha value is -3.10. The number of amides is 1. The van der Waals surface area contributed by atoms with Crippen LogP contribution < -0.4 is 14.8 Å². The smallest absolute Gasteiger partial charge is 0.387 e. The van der Waals surface area contributed by atoms with Gasteiger partial charge in [0, 0.05) is 5.56 Å². The number of carbonyl (C=O) groups excluding carboxylic acids is 1. The molecule has 0 aliphatic rings. The molecular formula is C17H18F2N2O5. The van der Waals surface area contributed by atoms with Crippen LogP contribution in [0.1, 0.15) is 24.3 Å². The summed E-state index contributed by atoms with van der Waals surface area (Å²) in [6.45, 7) is -1.46. The van der Waals surface area contributed by atoms with E-state index in [0.717, 1.165) is 0 Å². The van der Waals surface area contributed by atoms with Gasteiger partial charge in [0.15, 0.2) is 18.1 Å². The zero-order valence-electron chi connectivity index (χ0n) is 14.1. The largest absolute Gasteiger partial charge is 0.493 e. The summed E-state index contributed by atoms with van der Waals surface area (Å²) in [7, 11) is 1.33. The van der Waals surface area contributed by atoms with Crippen molar-refractivity contribution in [2.24, 2.45) is 5.16 Å². The zero-order valence-corrected chi connectivity index (χ0v) is 14.1. The highest BCUT2D eigenvalue weighted by Gasteiger charge is 2.12. The van der Waals surface area contributed by atoms with Gasteiger partial charge < -0.3 is 24.0 Å². The van der Waals surface area contributed by atoms with E-state index in [0.29, 0.717) is 11.3 Å². The van der Waals surface area contributed by atoms with Gasteiger partial charge in [0.25, 0.3) is 5.91 Å². The van der Waals surface area contributed by atoms with E-state index in [-0.39, 0.29) is 30.1 Å². The van der Waals surface area contributed by atoms with Gasteiger partial charge in [0.2, 0.25) is 0 Å². The van der Waals surface area contributed by atoms with Crippen molar-refractivity contribution < 1.29 is 32.3 Å². The predicted molar refractivity (Wildman–Crippen MR) is 88.4 cm³/mol. The number of halogens is 2. The molecule has 1 aromatic heterocycles. The van der Waals surface area contributed by atoms with Crippen molar-refractivity contribution in [2.75, 3.05) is 13.7 Å². The predicted octanol–water partition coefficient (Wildman–Crippen LogP) is 3.12. The molecule has 2 aromatic rings. The van der Waals surface area contributed by atoms with Crippen molar-refractivity contribution in [3.05, 3.63) is 47.9 Å². The summed E-state index contributed by atoms with van der Waals surface area (Å²) in [5.41, 5.74) is 0.521. The number of benzene rings is 1. The summed E-state index contributed by atoms with van der Waals surface area (Å²) in [4.78, 5) is 16.7. The van der Waals surface area contributed by atoms with E-state index >= 15 is 0 Å². The normalized spacial score (nSPS) is 12.2. The maximum atomic E-state index is 12.3. The van der Waals surface area contributed by atoms with E-state index in [2.05, 4.69) is 15.2 Å². The molecule has 0 saturated heterocycles. The maximum absolute atomic E-state index is 12.3. The molecule has 0 radical (unpaired) electrons. The van der Waals surface area contributed by atoms with Crippen LogP contribution in [0.2, 0.25) is 0 Å². The van der Waals surface area contributed by atoms with Crippen LogP contribution in [-0.2, 0) is 9.63 Å². The molecule has 1 amide bonds. The maximum Gasteiger partial charge on any atom is 0.387 e. The lowest BCUT2D eigenvalue weighted by atomic mass is 10.2. The van der Waals surface area contributed by atoms with Crippen molar-refractivity contribution in [1.82, 2.24) is 5.32 Å². The lowest BCUT2D eigenvalue weighted by molar-refractivity contribution is -0.126. The molecule has 1 aromatic carbocycles. The molecule has 1 atom stereocenters. The van der Waals surface area contributed by atoms with Crippen LogP contribution >= 0.6 is 0 Å². The molecule has 0 spiro atoms. The Morgan fingerprint density at radius 3 is 2.81 bits per heavy atom. The lowest BCUT2D eigenvalue weighted by Gasteiger charge is -2.10. The van der Waals surface area contributed by atoms with E-state index in [1.165, 1.54) is 37.8 Å². The molecule has 0 aliphatic carbocycles. The number of hydrogen-bond donors (Lipinski definition) is 1. The van der Waals surface area contributed by atoms with Gasteiger partial charge in [-0.3, -0.25) is 4.79 Å². The molecule has 26 heavy (non-hydrogen) atoms. The minimum Gasteiger partial charge on any atom is -0.493 e. The molecule has 140 valence electrons. The first-order chi connectivity index (χ1) is 12.5. The second kappa shape index (κ2) is 9.40. The number of rotatable bonds is 9. The van der Waals surface area contributed by atoms with E-state index in [4.69, 9.17) is 14.0 Å². The van der Waals surface area contributed by atoms with Gasteiger partial charge in [0.05, 0.1) is 25.6 Å². The van der Waals surface area contributed by atoms with Crippen molar-refractivity contribution in [3.63, 3.8) is 0 Å². The van der Waals surface area contributed by atoms with Gasteiger partial charge in [-0.05, 0) is 37.3 Å². The quantitative estimate of drug-likeness (QED) is 0.543. The molecular weight excluding hydrogens is 350 g/mol. The third-order valence-corrected chi connectivity index (χ3v) is 3.22. The number of oxime groups is 1. The topological polar surface area (TPSA) is 82.3 Å². The second-order valence-corrected chi connectivity index (χ2v) is 5.10. The summed E-state index contributed by atoms with van der Waals surface area (Å²) >= 11 is 0. The van der Waals surface area contributed by atoms with Crippen molar-refractivity contribution in [2.45, 2.75) is 19.6 Å². The molecule has 0 fully saturated rings. The average Bonchev–Trinajstić information content (AvgIpc) is 3.14. The Bertz CT molecular complexity index is 735. The van der Waals surface area contributed by atoms with Gasteiger partial charge in [-0.15, -0.1) is 0 Å². The highest BCUT2D eigenvalue weighted by molar-refractivity contribution is 5.81. The number of methoxy groups -OCH3 is 1. The Morgan fingerprint density at radius 1 is 1.35 bits per heavy atom. The lowest BCUT2D eigenvalue weighted by Crippen LogP contribution is -2.29. The summed E-state index contributed by atoms with van der Waals surface area (Å²) in [5.74, 6) is 0.287. The van der Waals surface area contributed by atoms with Crippen LogP contribution in [-0.4, -0.2) is 32.4 Å². The molecule has 1 heterocycles. The fourth-order valence-corrected chi connectivity index (χ4v) is 2.04. The minimum absolute atomic E-state index is 0.0909. The summed E-state index contributed by atoms with van der Waals surface area (Å²) in [5, 5.41) is 6.35. The van der Waals surface area contributed by atoms with Crippen molar-refractivity contribution >= 4 is 12.1 Å². The molecule has 0 bridgehead atoms. The van der Waals surface area contributed by atoms with Crippen LogP contribution in [0.4, 0.5) is 8.78 Å². The Labute approximate surface area is 148 Å². The zero-order chi connectivity index (χ0) is 18.9. The highest BCUT2D eigenvalue weighted by Crippen LogP contribution is 2.28. The first-order valence-electron chi connectivity index (χ1n) is 7.60. The fraction of sp³-hybridized carbons (Fsp3) is 0.294. The summed E-state index contributed by atoms with van der Waals surface area (Å²) in [6, 6.07) is 7.44. The number of nitrogens with one attached hydrogen (secondary N) is 1. The van der Waals surface area contributed by atoms with Crippen LogP contribution in [0, 0.1) is 0 Å². The van der Waals surface area contributed by atoms with Crippen molar-refractivity contribution in [3.8, 4) is 11.5 Å². The van der Waals surface area contributed by atoms with Crippen LogP contribution in [0.25, 0.3) is 0 Å². The molecule has 2 rings (SSSR count). The highest BCUT2D eigenvalue weighted by atomic mass is 19.3. The minimum atomic E-state index is -2.95. The first kappa shape index (κ1) is 19.2. The number of hydrogen-bond acceptors (Lipinski definition) is 6. The second-order valence-electron chi connectivity index (χ2n) is 5.10. The molecule has 9 heteroatoms. The third-order valence-electron chi connectivity index (χ3n) is 3.22. The monoisotopic (exact) mass is 368 g/mol. The van der Waals surface area contributed by atoms with Crippen LogP contribution in [0.5, 0.6) is 11.5 Å². The third kappa shape index (κ3) is 5.76. The molecule has 1 unspecified atom stereocenters. The molecule has 0 aliphatic heterocycles. The summed E-state index contributed by atoms with van der Waals surface area (Å²) < 4.78 is 39.0. The van der Waals surface area contributed by atoms with Crippen molar-refractivity contribution in [1.29, 1.82) is 0 Å².